The second kappa shape index (κ2) is 7.87. The highest BCUT2D eigenvalue weighted by molar-refractivity contribution is 9.10. The van der Waals surface area contributed by atoms with Crippen LogP contribution in [0.4, 0.5) is 0 Å². The van der Waals surface area contributed by atoms with Gasteiger partial charge in [0.15, 0.2) is 0 Å². The smallest absolute Gasteiger partial charge is 0.0328 e. The molecule has 1 unspecified atom stereocenters. The van der Waals surface area contributed by atoms with E-state index in [9.17, 15) is 0 Å². The molecule has 0 radical (unpaired) electrons. The van der Waals surface area contributed by atoms with E-state index in [4.69, 9.17) is 0 Å². The molecule has 0 saturated heterocycles. The third-order valence-corrected chi connectivity index (χ3v) is 5.33. The standard InChI is InChI=1S/C17H20BrNS/c1-3-15(19-4-2)13-9-5-7-11-16(13)20-17-12-8-6-10-14(17)18/h5-12,15,19H,3-4H2,1-2H3. The molecule has 0 aliphatic heterocycles. The van der Waals surface area contributed by atoms with Crippen LogP contribution < -0.4 is 5.32 Å². The summed E-state index contributed by atoms with van der Waals surface area (Å²) < 4.78 is 1.15. The van der Waals surface area contributed by atoms with Crippen LogP contribution in [0.2, 0.25) is 0 Å². The Hall–Kier alpha value is -0.770. The van der Waals surface area contributed by atoms with Gasteiger partial charge in [-0.15, -0.1) is 0 Å². The molecule has 1 N–H and O–H groups in total. The molecule has 2 aromatic rings. The van der Waals surface area contributed by atoms with Gasteiger partial charge in [0.1, 0.15) is 0 Å². The summed E-state index contributed by atoms with van der Waals surface area (Å²) in [6, 6.07) is 17.5. The topological polar surface area (TPSA) is 12.0 Å². The van der Waals surface area contributed by atoms with Crippen LogP contribution in [0.15, 0.2) is 62.8 Å². The predicted molar refractivity (Wildman–Crippen MR) is 91.4 cm³/mol. The molecule has 2 aromatic carbocycles. The maximum Gasteiger partial charge on any atom is 0.0328 e. The summed E-state index contributed by atoms with van der Waals surface area (Å²) >= 11 is 5.45. The summed E-state index contributed by atoms with van der Waals surface area (Å²) in [5.41, 5.74) is 1.39. The summed E-state index contributed by atoms with van der Waals surface area (Å²) in [7, 11) is 0. The van der Waals surface area contributed by atoms with Gasteiger partial charge >= 0.3 is 0 Å². The van der Waals surface area contributed by atoms with Crippen LogP contribution in [-0.2, 0) is 0 Å². The fraction of sp³-hybridized carbons (Fsp3) is 0.294. The lowest BCUT2D eigenvalue weighted by molar-refractivity contribution is 0.530. The molecular formula is C17H20BrNS. The van der Waals surface area contributed by atoms with Crippen molar-refractivity contribution < 1.29 is 0 Å². The minimum absolute atomic E-state index is 0.422. The highest BCUT2D eigenvalue weighted by Gasteiger charge is 2.13. The molecule has 1 atom stereocenters. The minimum atomic E-state index is 0.422. The Labute approximate surface area is 134 Å². The SMILES string of the molecule is CCNC(CC)c1ccccc1Sc1ccccc1Br. The molecule has 0 aliphatic carbocycles. The molecule has 0 fully saturated rings. The summed E-state index contributed by atoms with van der Waals surface area (Å²) in [6.45, 7) is 5.38. The third-order valence-electron chi connectivity index (χ3n) is 3.21. The first kappa shape index (κ1) is 15.6. The first-order valence-electron chi connectivity index (χ1n) is 7.01. The number of rotatable bonds is 6. The van der Waals surface area contributed by atoms with E-state index in [1.165, 1.54) is 15.4 Å². The Bertz CT molecular complexity index is 556. The van der Waals surface area contributed by atoms with Crippen molar-refractivity contribution in [2.45, 2.75) is 36.1 Å². The maximum atomic E-state index is 3.63. The monoisotopic (exact) mass is 349 g/mol. The van der Waals surface area contributed by atoms with E-state index in [2.05, 4.69) is 77.6 Å². The molecule has 1 nitrogen and oxygen atoms in total. The summed E-state index contributed by atoms with van der Waals surface area (Å²) in [4.78, 5) is 2.58. The third kappa shape index (κ3) is 3.87. The van der Waals surface area contributed by atoms with Crippen LogP contribution in [0, 0.1) is 0 Å². The second-order valence-corrected chi connectivity index (χ2v) is 6.53. The molecule has 0 saturated carbocycles. The molecule has 106 valence electrons. The van der Waals surface area contributed by atoms with Gasteiger partial charge in [0.25, 0.3) is 0 Å². The van der Waals surface area contributed by atoms with Gasteiger partial charge in [-0.1, -0.05) is 55.9 Å². The molecule has 20 heavy (non-hydrogen) atoms. The Kier molecular flexibility index (Phi) is 6.14. The van der Waals surface area contributed by atoms with E-state index >= 15 is 0 Å². The van der Waals surface area contributed by atoms with Crippen molar-refractivity contribution in [3.05, 3.63) is 58.6 Å². The second-order valence-electron chi connectivity index (χ2n) is 4.59. The van der Waals surface area contributed by atoms with E-state index in [1.54, 1.807) is 0 Å². The van der Waals surface area contributed by atoms with Crippen molar-refractivity contribution in [3.8, 4) is 0 Å². The highest BCUT2D eigenvalue weighted by Crippen LogP contribution is 2.37. The van der Waals surface area contributed by atoms with Crippen molar-refractivity contribution in [1.82, 2.24) is 5.32 Å². The summed E-state index contributed by atoms with van der Waals surface area (Å²) in [6.07, 6.45) is 1.10. The Morgan fingerprint density at radius 3 is 2.30 bits per heavy atom. The number of benzene rings is 2. The Morgan fingerprint density at radius 1 is 1.00 bits per heavy atom. The van der Waals surface area contributed by atoms with E-state index < -0.39 is 0 Å². The van der Waals surface area contributed by atoms with Gasteiger partial charge in [0, 0.05) is 20.3 Å². The first-order chi connectivity index (χ1) is 9.76. The molecule has 0 heterocycles. The zero-order valence-corrected chi connectivity index (χ0v) is 14.3. The average molecular weight is 350 g/mol. The van der Waals surface area contributed by atoms with E-state index in [0.717, 1.165) is 17.4 Å². The van der Waals surface area contributed by atoms with Crippen LogP contribution in [-0.4, -0.2) is 6.54 Å². The Morgan fingerprint density at radius 2 is 1.65 bits per heavy atom. The number of hydrogen-bond donors (Lipinski definition) is 1. The zero-order chi connectivity index (χ0) is 14.4. The molecule has 0 bridgehead atoms. The van der Waals surface area contributed by atoms with Gasteiger partial charge in [-0.25, -0.2) is 0 Å². The molecular weight excluding hydrogens is 330 g/mol. The van der Waals surface area contributed by atoms with E-state index in [1.807, 2.05) is 17.8 Å². The molecule has 3 heteroatoms. The lowest BCUT2D eigenvalue weighted by atomic mass is 10.0. The molecule has 2 rings (SSSR count). The van der Waals surface area contributed by atoms with Gasteiger partial charge in [-0.05, 0) is 52.7 Å². The van der Waals surface area contributed by atoms with Crippen LogP contribution in [0.5, 0.6) is 0 Å². The lowest BCUT2D eigenvalue weighted by Crippen LogP contribution is -2.20. The maximum absolute atomic E-state index is 3.63. The first-order valence-corrected chi connectivity index (χ1v) is 8.61. The van der Waals surface area contributed by atoms with Crippen LogP contribution >= 0.6 is 27.7 Å². The largest absolute Gasteiger partial charge is 0.310 e. The fourth-order valence-corrected chi connectivity index (χ4v) is 3.78. The van der Waals surface area contributed by atoms with Crippen molar-refractivity contribution >= 4 is 27.7 Å². The zero-order valence-electron chi connectivity index (χ0n) is 11.9. The number of halogens is 1. The molecule has 0 amide bonds. The van der Waals surface area contributed by atoms with Gasteiger partial charge in [-0.3, -0.25) is 0 Å². The molecule has 0 aromatic heterocycles. The normalized spacial score (nSPS) is 12.3. The van der Waals surface area contributed by atoms with Gasteiger partial charge in [0.2, 0.25) is 0 Å². The Balaban J connectivity index is 2.30. The van der Waals surface area contributed by atoms with Gasteiger partial charge in [-0.2, -0.15) is 0 Å². The van der Waals surface area contributed by atoms with E-state index in [0.29, 0.717) is 6.04 Å². The van der Waals surface area contributed by atoms with Gasteiger partial charge < -0.3 is 5.32 Å². The van der Waals surface area contributed by atoms with Crippen LogP contribution in [0.1, 0.15) is 31.9 Å². The lowest BCUT2D eigenvalue weighted by Gasteiger charge is -2.19. The highest BCUT2D eigenvalue weighted by atomic mass is 79.9. The summed E-state index contributed by atoms with van der Waals surface area (Å²) in [5.74, 6) is 0. The number of nitrogens with one attached hydrogen (secondary N) is 1. The summed E-state index contributed by atoms with van der Waals surface area (Å²) in [5, 5.41) is 3.56. The van der Waals surface area contributed by atoms with Gasteiger partial charge in [0.05, 0.1) is 0 Å². The van der Waals surface area contributed by atoms with Crippen LogP contribution in [0.25, 0.3) is 0 Å². The predicted octanol–water partition coefficient (Wildman–Crippen LogP) is 5.66. The quantitative estimate of drug-likeness (QED) is 0.721. The van der Waals surface area contributed by atoms with Crippen molar-refractivity contribution in [2.24, 2.45) is 0 Å². The molecule has 0 aliphatic rings. The van der Waals surface area contributed by atoms with Crippen molar-refractivity contribution in [1.29, 1.82) is 0 Å². The van der Waals surface area contributed by atoms with E-state index in [-0.39, 0.29) is 0 Å². The minimum Gasteiger partial charge on any atom is -0.310 e. The fourth-order valence-electron chi connectivity index (χ4n) is 2.23. The van der Waals surface area contributed by atoms with Crippen molar-refractivity contribution in [2.75, 3.05) is 6.54 Å². The van der Waals surface area contributed by atoms with Crippen LogP contribution in [0.3, 0.4) is 0 Å². The van der Waals surface area contributed by atoms with Crippen molar-refractivity contribution in [3.63, 3.8) is 0 Å². The molecule has 0 spiro atoms. The number of hydrogen-bond acceptors (Lipinski definition) is 2. The average Bonchev–Trinajstić information content (AvgIpc) is 2.48.